The molecule has 0 saturated carbocycles. The third kappa shape index (κ3) is 3.31. The van der Waals surface area contributed by atoms with Crippen molar-refractivity contribution < 1.29 is 19.0 Å². The third-order valence-electron chi connectivity index (χ3n) is 3.34. The van der Waals surface area contributed by atoms with Gasteiger partial charge in [-0.05, 0) is 24.6 Å². The molecular weight excluding hydrogens is 282 g/mol. The first kappa shape index (κ1) is 14.3. The first-order valence-electron chi connectivity index (χ1n) is 7.10. The summed E-state index contributed by atoms with van der Waals surface area (Å²) in [6.07, 6.45) is -0.593. The van der Waals surface area contributed by atoms with Gasteiger partial charge in [-0.1, -0.05) is 30.3 Å². The molecule has 0 aromatic heterocycles. The molecule has 2 aromatic rings. The minimum absolute atomic E-state index is 0.165. The highest BCUT2D eigenvalue weighted by atomic mass is 16.7. The number of hydrogen-bond donors (Lipinski definition) is 1. The average molecular weight is 299 g/mol. The van der Waals surface area contributed by atoms with Gasteiger partial charge < -0.3 is 19.5 Å². The lowest BCUT2D eigenvalue weighted by Crippen LogP contribution is -2.35. The summed E-state index contributed by atoms with van der Waals surface area (Å²) in [6, 6.07) is 15.0. The van der Waals surface area contributed by atoms with Crippen molar-refractivity contribution in [3.8, 4) is 17.2 Å². The molecule has 1 aliphatic heterocycles. The van der Waals surface area contributed by atoms with Gasteiger partial charge in [0, 0.05) is 12.6 Å². The fourth-order valence-corrected chi connectivity index (χ4v) is 2.14. The molecule has 0 spiro atoms. The van der Waals surface area contributed by atoms with E-state index >= 15 is 0 Å². The molecule has 3 rings (SSSR count). The Kier molecular flexibility index (Phi) is 4.14. The van der Waals surface area contributed by atoms with Crippen molar-refractivity contribution in [2.75, 3.05) is 6.79 Å². The lowest BCUT2D eigenvalue weighted by atomic mass is 10.2. The predicted octanol–water partition coefficient (Wildman–Crippen LogP) is 2.50. The molecule has 1 heterocycles. The normalized spacial score (nSPS) is 13.5. The SMILES string of the molecule is C[C@@H](Oc1ccc2c(c1)OCO2)C(=O)NCc1ccccc1. The summed E-state index contributed by atoms with van der Waals surface area (Å²) < 4.78 is 16.2. The Bertz CT molecular complexity index is 657. The molecule has 2 aromatic carbocycles. The first-order chi connectivity index (χ1) is 10.7. The van der Waals surface area contributed by atoms with Crippen LogP contribution in [0, 0.1) is 0 Å². The summed E-state index contributed by atoms with van der Waals surface area (Å²) in [6.45, 7) is 2.41. The Morgan fingerprint density at radius 3 is 2.77 bits per heavy atom. The predicted molar refractivity (Wildman–Crippen MR) is 80.9 cm³/mol. The lowest BCUT2D eigenvalue weighted by Gasteiger charge is -2.15. The molecule has 0 saturated heterocycles. The van der Waals surface area contributed by atoms with E-state index in [9.17, 15) is 4.79 Å². The van der Waals surface area contributed by atoms with Gasteiger partial charge in [0.15, 0.2) is 17.6 Å². The molecule has 0 unspecified atom stereocenters. The maximum atomic E-state index is 12.1. The summed E-state index contributed by atoms with van der Waals surface area (Å²) >= 11 is 0. The van der Waals surface area contributed by atoms with Crippen molar-refractivity contribution in [2.24, 2.45) is 0 Å². The van der Waals surface area contributed by atoms with Crippen molar-refractivity contribution in [1.82, 2.24) is 5.32 Å². The minimum atomic E-state index is -0.593. The van der Waals surface area contributed by atoms with E-state index in [0.29, 0.717) is 23.8 Å². The van der Waals surface area contributed by atoms with Crippen molar-refractivity contribution in [3.05, 3.63) is 54.1 Å². The Morgan fingerprint density at radius 2 is 1.95 bits per heavy atom. The zero-order valence-electron chi connectivity index (χ0n) is 12.2. The minimum Gasteiger partial charge on any atom is -0.481 e. The zero-order chi connectivity index (χ0) is 15.4. The molecule has 1 aliphatic rings. The molecule has 22 heavy (non-hydrogen) atoms. The maximum absolute atomic E-state index is 12.1. The number of fused-ring (bicyclic) bond motifs is 1. The first-order valence-corrected chi connectivity index (χ1v) is 7.10. The quantitative estimate of drug-likeness (QED) is 0.921. The number of carbonyl (C=O) groups is 1. The van der Waals surface area contributed by atoms with E-state index in [2.05, 4.69) is 5.32 Å². The van der Waals surface area contributed by atoms with Crippen molar-refractivity contribution >= 4 is 5.91 Å². The van der Waals surface area contributed by atoms with Gasteiger partial charge in [0.25, 0.3) is 5.91 Å². The van der Waals surface area contributed by atoms with Crippen LogP contribution < -0.4 is 19.5 Å². The monoisotopic (exact) mass is 299 g/mol. The van der Waals surface area contributed by atoms with Crippen molar-refractivity contribution in [2.45, 2.75) is 19.6 Å². The second kappa shape index (κ2) is 6.39. The molecular formula is C17H17NO4. The van der Waals surface area contributed by atoms with Crippen LogP contribution in [-0.4, -0.2) is 18.8 Å². The summed E-state index contributed by atoms with van der Waals surface area (Å²) in [5, 5.41) is 2.85. The molecule has 114 valence electrons. The standard InChI is InChI=1S/C17H17NO4/c1-12(17(19)18-10-13-5-3-2-4-6-13)22-14-7-8-15-16(9-14)21-11-20-15/h2-9,12H,10-11H2,1H3,(H,18,19)/t12-/m1/s1. The highest BCUT2D eigenvalue weighted by molar-refractivity contribution is 5.80. The van der Waals surface area contributed by atoms with Gasteiger partial charge in [-0.15, -0.1) is 0 Å². The van der Waals surface area contributed by atoms with E-state index in [1.165, 1.54) is 0 Å². The molecule has 1 amide bonds. The van der Waals surface area contributed by atoms with Gasteiger partial charge in [-0.3, -0.25) is 4.79 Å². The summed E-state index contributed by atoms with van der Waals surface area (Å²) in [5.41, 5.74) is 1.05. The van der Waals surface area contributed by atoms with E-state index < -0.39 is 6.10 Å². The largest absolute Gasteiger partial charge is 0.481 e. The molecule has 0 radical (unpaired) electrons. The van der Waals surface area contributed by atoms with E-state index in [-0.39, 0.29) is 12.7 Å². The van der Waals surface area contributed by atoms with E-state index in [4.69, 9.17) is 14.2 Å². The van der Waals surface area contributed by atoms with Crippen LogP contribution in [0.2, 0.25) is 0 Å². The highest BCUT2D eigenvalue weighted by Gasteiger charge is 2.18. The van der Waals surface area contributed by atoms with Crippen LogP contribution >= 0.6 is 0 Å². The number of amides is 1. The number of benzene rings is 2. The Labute approximate surface area is 128 Å². The van der Waals surface area contributed by atoms with Crippen LogP contribution in [0.1, 0.15) is 12.5 Å². The Balaban J connectivity index is 1.55. The smallest absolute Gasteiger partial charge is 0.261 e. The van der Waals surface area contributed by atoms with Gasteiger partial charge in [0.05, 0.1) is 0 Å². The molecule has 5 heteroatoms. The van der Waals surface area contributed by atoms with Gasteiger partial charge in [-0.2, -0.15) is 0 Å². The Hall–Kier alpha value is -2.69. The lowest BCUT2D eigenvalue weighted by molar-refractivity contribution is -0.127. The number of nitrogens with one attached hydrogen (secondary N) is 1. The molecule has 0 bridgehead atoms. The number of hydrogen-bond acceptors (Lipinski definition) is 4. The fourth-order valence-electron chi connectivity index (χ4n) is 2.14. The zero-order valence-corrected chi connectivity index (χ0v) is 12.2. The van der Waals surface area contributed by atoms with Crippen LogP contribution in [0.25, 0.3) is 0 Å². The van der Waals surface area contributed by atoms with E-state index in [1.807, 2.05) is 30.3 Å². The van der Waals surface area contributed by atoms with E-state index in [1.54, 1.807) is 25.1 Å². The van der Waals surface area contributed by atoms with Gasteiger partial charge in [0.1, 0.15) is 5.75 Å². The number of rotatable bonds is 5. The van der Waals surface area contributed by atoms with Crippen LogP contribution in [0.15, 0.2) is 48.5 Å². The van der Waals surface area contributed by atoms with Crippen LogP contribution in [0.3, 0.4) is 0 Å². The Morgan fingerprint density at radius 1 is 1.18 bits per heavy atom. The number of ether oxygens (including phenoxy) is 3. The second-order valence-corrected chi connectivity index (χ2v) is 4.98. The molecule has 5 nitrogen and oxygen atoms in total. The van der Waals surface area contributed by atoms with Crippen LogP contribution in [-0.2, 0) is 11.3 Å². The second-order valence-electron chi connectivity index (χ2n) is 4.98. The topological polar surface area (TPSA) is 56.8 Å². The molecule has 1 N–H and O–H groups in total. The summed E-state index contributed by atoms with van der Waals surface area (Å²) in [4.78, 5) is 12.1. The molecule has 0 aliphatic carbocycles. The average Bonchev–Trinajstić information content (AvgIpc) is 3.01. The molecule has 0 fully saturated rings. The van der Waals surface area contributed by atoms with Gasteiger partial charge in [0.2, 0.25) is 6.79 Å². The maximum Gasteiger partial charge on any atom is 0.261 e. The van der Waals surface area contributed by atoms with E-state index in [0.717, 1.165) is 5.56 Å². The summed E-state index contributed by atoms with van der Waals surface area (Å²) in [7, 11) is 0. The van der Waals surface area contributed by atoms with Gasteiger partial charge >= 0.3 is 0 Å². The number of carbonyl (C=O) groups excluding carboxylic acids is 1. The van der Waals surface area contributed by atoms with Crippen molar-refractivity contribution in [1.29, 1.82) is 0 Å². The van der Waals surface area contributed by atoms with Gasteiger partial charge in [-0.25, -0.2) is 0 Å². The van der Waals surface area contributed by atoms with Crippen molar-refractivity contribution in [3.63, 3.8) is 0 Å². The molecule has 1 atom stereocenters. The summed E-state index contributed by atoms with van der Waals surface area (Å²) in [5.74, 6) is 1.73. The highest BCUT2D eigenvalue weighted by Crippen LogP contribution is 2.35. The fraction of sp³-hybridized carbons (Fsp3) is 0.235. The third-order valence-corrected chi connectivity index (χ3v) is 3.34. The van der Waals surface area contributed by atoms with Crippen LogP contribution in [0.4, 0.5) is 0 Å². The van der Waals surface area contributed by atoms with Crippen LogP contribution in [0.5, 0.6) is 17.2 Å².